The lowest BCUT2D eigenvalue weighted by molar-refractivity contribution is 0.685. The zero-order valence-corrected chi connectivity index (χ0v) is 21.9. The molecule has 5 aromatic heterocycles. The topological polar surface area (TPSA) is 92.1 Å². The molecule has 39 heavy (non-hydrogen) atoms. The summed E-state index contributed by atoms with van der Waals surface area (Å²) in [5, 5.41) is 13.7. The van der Waals surface area contributed by atoms with E-state index in [2.05, 4.69) is 45.6 Å². The van der Waals surface area contributed by atoms with Crippen molar-refractivity contribution < 1.29 is 0 Å². The van der Waals surface area contributed by atoms with Gasteiger partial charge in [0.25, 0.3) is 0 Å². The number of benzene rings is 1. The van der Waals surface area contributed by atoms with Crippen LogP contribution in [0.15, 0.2) is 79.8 Å². The smallest absolute Gasteiger partial charge is 0.133 e. The monoisotopic (exact) mass is 513 g/mol. The van der Waals surface area contributed by atoms with E-state index in [4.69, 9.17) is 15.1 Å². The Morgan fingerprint density at radius 1 is 0.795 bits per heavy atom. The number of fused-ring (bicyclic) bond motifs is 3. The maximum atomic E-state index is 5.09. The van der Waals surface area contributed by atoms with Gasteiger partial charge in [0.15, 0.2) is 0 Å². The first-order valence-electron chi connectivity index (χ1n) is 13.0. The Kier molecular flexibility index (Phi) is 5.61. The summed E-state index contributed by atoms with van der Waals surface area (Å²) >= 11 is 0. The number of nitrogens with zero attached hydrogens (tertiary/aromatic N) is 9. The van der Waals surface area contributed by atoms with Crippen molar-refractivity contribution in [2.24, 2.45) is 14.1 Å². The fourth-order valence-corrected chi connectivity index (χ4v) is 5.35. The first kappa shape index (κ1) is 23.2. The zero-order valence-electron chi connectivity index (χ0n) is 21.9. The Balaban J connectivity index is 1.19. The van der Waals surface area contributed by atoms with Crippen molar-refractivity contribution in [3.63, 3.8) is 0 Å². The number of pyridine rings is 1. The summed E-state index contributed by atoms with van der Waals surface area (Å²) < 4.78 is 5.75. The second kappa shape index (κ2) is 9.43. The summed E-state index contributed by atoms with van der Waals surface area (Å²) in [6, 6.07) is 12.6. The molecule has 0 amide bonds. The predicted octanol–water partition coefficient (Wildman–Crippen LogP) is 4.27. The Morgan fingerprint density at radius 2 is 1.62 bits per heavy atom. The number of aryl methyl sites for hydroxylation is 4. The van der Waals surface area contributed by atoms with Gasteiger partial charge >= 0.3 is 0 Å². The van der Waals surface area contributed by atoms with Crippen LogP contribution in [0.2, 0.25) is 0 Å². The summed E-state index contributed by atoms with van der Waals surface area (Å²) in [6.07, 6.45) is 15.9. The van der Waals surface area contributed by atoms with Crippen LogP contribution >= 0.6 is 0 Å². The van der Waals surface area contributed by atoms with Crippen LogP contribution in [0.3, 0.4) is 0 Å². The minimum absolute atomic E-state index is 0.619. The fourth-order valence-electron chi connectivity index (χ4n) is 5.35. The average molecular weight is 514 g/mol. The molecular weight excluding hydrogens is 486 g/mol. The Bertz CT molecular complexity index is 1780. The highest BCUT2D eigenvalue weighted by atomic mass is 15.3. The van der Waals surface area contributed by atoms with E-state index < -0.39 is 0 Å². The molecule has 6 aromatic rings. The SMILES string of the molecule is Cn1cc(-c2ccc(-c3c4c(nn3C)CCc3cnc(Cc5cnn(Cc6ccncc6)c5)nc3-4)cc2)cn1. The summed E-state index contributed by atoms with van der Waals surface area (Å²) in [7, 11) is 3.95. The van der Waals surface area contributed by atoms with Gasteiger partial charge in [-0.05, 0) is 47.2 Å². The van der Waals surface area contributed by atoms with Crippen LogP contribution in [-0.4, -0.2) is 44.3 Å². The van der Waals surface area contributed by atoms with Gasteiger partial charge in [0.05, 0.1) is 36.0 Å². The van der Waals surface area contributed by atoms with Crippen LogP contribution in [0.5, 0.6) is 0 Å². The van der Waals surface area contributed by atoms with Gasteiger partial charge in [0.1, 0.15) is 5.82 Å². The second-order valence-corrected chi connectivity index (χ2v) is 10.0. The quantitative estimate of drug-likeness (QED) is 0.330. The van der Waals surface area contributed by atoms with Gasteiger partial charge in [0.2, 0.25) is 0 Å². The predicted molar refractivity (Wildman–Crippen MR) is 148 cm³/mol. The van der Waals surface area contributed by atoms with E-state index in [0.717, 1.165) is 69.1 Å². The molecule has 192 valence electrons. The first-order valence-corrected chi connectivity index (χ1v) is 13.0. The molecule has 7 rings (SSSR count). The van der Waals surface area contributed by atoms with Crippen LogP contribution < -0.4 is 0 Å². The Morgan fingerprint density at radius 3 is 2.41 bits per heavy atom. The van der Waals surface area contributed by atoms with Crippen molar-refractivity contribution in [1.82, 2.24) is 44.3 Å². The molecule has 9 nitrogen and oxygen atoms in total. The average Bonchev–Trinajstić information content (AvgIpc) is 3.67. The van der Waals surface area contributed by atoms with Gasteiger partial charge in [-0.3, -0.25) is 19.0 Å². The highest BCUT2D eigenvalue weighted by molar-refractivity contribution is 5.84. The van der Waals surface area contributed by atoms with Crippen molar-refractivity contribution >= 4 is 0 Å². The van der Waals surface area contributed by atoms with E-state index in [1.807, 2.05) is 65.1 Å². The van der Waals surface area contributed by atoms with Crippen molar-refractivity contribution in [3.05, 3.63) is 108 Å². The lowest BCUT2D eigenvalue weighted by Crippen LogP contribution is -2.09. The molecule has 0 aliphatic heterocycles. The maximum absolute atomic E-state index is 5.09. The summed E-state index contributed by atoms with van der Waals surface area (Å²) in [6.45, 7) is 0.704. The third-order valence-electron chi connectivity index (χ3n) is 7.24. The molecule has 0 saturated heterocycles. The fraction of sp³-hybridized carbons (Fsp3) is 0.200. The molecule has 0 unspecified atom stereocenters. The first-order chi connectivity index (χ1) is 19.1. The number of rotatable bonds is 6. The third-order valence-corrected chi connectivity index (χ3v) is 7.24. The molecule has 9 heteroatoms. The lowest BCUT2D eigenvalue weighted by atomic mass is 9.91. The minimum atomic E-state index is 0.619. The molecule has 0 fully saturated rings. The van der Waals surface area contributed by atoms with E-state index in [-0.39, 0.29) is 0 Å². The highest BCUT2D eigenvalue weighted by Gasteiger charge is 2.27. The summed E-state index contributed by atoms with van der Waals surface area (Å²) in [5.41, 5.74) is 11.0. The molecule has 5 heterocycles. The van der Waals surface area contributed by atoms with Crippen LogP contribution in [0, 0.1) is 0 Å². The molecule has 0 spiro atoms. The molecule has 0 N–H and O–H groups in total. The molecular formula is C30H27N9. The Hall–Kier alpha value is -4.92. The van der Waals surface area contributed by atoms with E-state index in [9.17, 15) is 0 Å². The van der Waals surface area contributed by atoms with Gasteiger partial charge in [-0.1, -0.05) is 24.3 Å². The van der Waals surface area contributed by atoms with Crippen molar-refractivity contribution in [3.8, 4) is 33.6 Å². The van der Waals surface area contributed by atoms with Crippen molar-refractivity contribution in [1.29, 1.82) is 0 Å². The van der Waals surface area contributed by atoms with E-state index in [1.54, 1.807) is 12.4 Å². The molecule has 0 atom stereocenters. The number of aromatic nitrogens is 9. The van der Waals surface area contributed by atoms with Gasteiger partial charge in [-0.2, -0.15) is 15.3 Å². The largest absolute Gasteiger partial charge is 0.275 e. The van der Waals surface area contributed by atoms with E-state index in [0.29, 0.717) is 13.0 Å². The van der Waals surface area contributed by atoms with Crippen molar-refractivity contribution in [2.75, 3.05) is 0 Å². The summed E-state index contributed by atoms with van der Waals surface area (Å²) in [4.78, 5) is 13.9. The van der Waals surface area contributed by atoms with Crippen LogP contribution in [0.1, 0.15) is 28.2 Å². The van der Waals surface area contributed by atoms with E-state index >= 15 is 0 Å². The highest BCUT2D eigenvalue weighted by Crippen LogP contribution is 2.39. The standard InChI is InChI=1S/C30H27N9/c1-37-19-25(16-33-37)22-3-5-23(6-4-22)30-28-26(36-38(30)2)8-7-24-15-32-27(35-29(24)28)13-21-14-34-39(18-21)17-20-9-11-31-12-10-20/h3-6,9-12,14-16,18-19H,7-8,13,17H2,1-2H3. The molecule has 0 saturated carbocycles. The molecule has 1 aliphatic carbocycles. The second-order valence-electron chi connectivity index (χ2n) is 10.0. The zero-order chi connectivity index (χ0) is 26.3. The number of hydrogen-bond donors (Lipinski definition) is 0. The summed E-state index contributed by atoms with van der Waals surface area (Å²) in [5.74, 6) is 0.784. The lowest BCUT2D eigenvalue weighted by Gasteiger charge is -2.16. The van der Waals surface area contributed by atoms with Gasteiger partial charge in [-0.15, -0.1) is 0 Å². The van der Waals surface area contributed by atoms with Crippen molar-refractivity contribution in [2.45, 2.75) is 25.8 Å². The molecule has 0 bridgehead atoms. The van der Waals surface area contributed by atoms with E-state index in [1.165, 1.54) is 5.56 Å². The molecule has 0 radical (unpaired) electrons. The third kappa shape index (κ3) is 4.41. The molecule has 1 aliphatic rings. The van der Waals surface area contributed by atoms with Crippen LogP contribution in [-0.2, 0) is 39.9 Å². The minimum Gasteiger partial charge on any atom is -0.275 e. The number of hydrogen-bond acceptors (Lipinski definition) is 6. The Labute approximate surface area is 225 Å². The van der Waals surface area contributed by atoms with Crippen LogP contribution in [0.4, 0.5) is 0 Å². The molecule has 1 aromatic carbocycles. The van der Waals surface area contributed by atoms with Gasteiger partial charge in [0, 0.05) is 68.2 Å². The van der Waals surface area contributed by atoms with Gasteiger partial charge < -0.3 is 0 Å². The normalized spacial score (nSPS) is 12.4. The van der Waals surface area contributed by atoms with Gasteiger partial charge in [-0.25, -0.2) is 9.97 Å². The van der Waals surface area contributed by atoms with Crippen LogP contribution in [0.25, 0.3) is 33.6 Å². The maximum Gasteiger partial charge on any atom is 0.133 e.